The first-order valence-electron chi connectivity index (χ1n) is 7.60. The maximum absolute atomic E-state index is 12.4. The highest BCUT2D eigenvalue weighted by atomic mass is 32.1. The Labute approximate surface area is 132 Å². The maximum Gasteiger partial charge on any atom is 0.229 e. The summed E-state index contributed by atoms with van der Waals surface area (Å²) in [5, 5.41) is 3.62. The summed E-state index contributed by atoms with van der Waals surface area (Å²) in [7, 11) is 0. The normalized spacial score (nSPS) is 26.8. The highest BCUT2D eigenvalue weighted by Crippen LogP contribution is 2.36. The Balaban J connectivity index is 1.43. The minimum absolute atomic E-state index is 0.0528. The van der Waals surface area contributed by atoms with E-state index in [2.05, 4.69) is 15.3 Å². The second-order valence-electron chi connectivity index (χ2n) is 5.89. The zero-order valence-corrected chi connectivity index (χ0v) is 12.9. The lowest BCUT2D eigenvalue weighted by Crippen LogP contribution is -2.33. The number of hydrogen-bond donors (Lipinski definition) is 1. The Kier molecular flexibility index (Phi) is 3.63. The van der Waals surface area contributed by atoms with E-state index >= 15 is 0 Å². The van der Waals surface area contributed by atoms with Gasteiger partial charge < -0.3 is 10.1 Å². The average molecular weight is 315 g/mol. The van der Waals surface area contributed by atoms with E-state index in [1.165, 1.54) is 11.3 Å². The zero-order chi connectivity index (χ0) is 14.9. The number of carbonyl (C=O) groups is 1. The van der Waals surface area contributed by atoms with E-state index < -0.39 is 0 Å². The third-order valence-electron chi connectivity index (χ3n) is 4.34. The van der Waals surface area contributed by atoms with E-state index in [9.17, 15) is 4.79 Å². The summed E-state index contributed by atoms with van der Waals surface area (Å²) in [4.78, 5) is 21.8. The number of aromatic nitrogens is 2. The smallest absolute Gasteiger partial charge is 0.229 e. The van der Waals surface area contributed by atoms with Crippen LogP contribution in [0.15, 0.2) is 30.7 Å². The molecule has 1 N–H and O–H groups in total. The summed E-state index contributed by atoms with van der Waals surface area (Å²) < 4.78 is 5.79. The van der Waals surface area contributed by atoms with Crippen molar-refractivity contribution in [3.63, 3.8) is 0 Å². The molecule has 0 radical (unpaired) electrons. The first-order valence-corrected chi connectivity index (χ1v) is 8.42. The number of nitrogens with one attached hydrogen (secondary N) is 1. The van der Waals surface area contributed by atoms with E-state index in [1.54, 1.807) is 18.6 Å². The van der Waals surface area contributed by atoms with Crippen molar-refractivity contribution in [2.45, 2.75) is 37.9 Å². The molecule has 114 valence electrons. The van der Waals surface area contributed by atoms with E-state index in [1.807, 2.05) is 12.1 Å². The molecule has 2 aromatic heterocycles. The van der Waals surface area contributed by atoms with Crippen LogP contribution in [0.25, 0.3) is 10.4 Å². The molecular weight excluding hydrogens is 298 g/mol. The molecule has 1 amide bonds. The van der Waals surface area contributed by atoms with Crippen molar-refractivity contribution < 1.29 is 9.53 Å². The fourth-order valence-electron chi connectivity index (χ4n) is 3.25. The molecule has 4 heterocycles. The lowest BCUT2D eigenvalue weighted by atomic mass is 9.95. The maximum atomic E-state index is 12.4. The molecule has 3 atom stereocenters. The standard InChI is InChI=1S/C16H17N3O2S/c20-15(11-6-12-3-4-13(7-11)21-12)19-16-18-9-14(22-16)10-2-1-5-17-8-10/h1-2,5,8-9,11-13H,3-4,6-7H2,(H,18,19,20)/t11?,12-,13+. The van der Waals surface area contributed by atoms with Crippen LogP contribution in [0.4, 0.5) is 5.13 Å². The average Bonchev–Trinajstić information content (AvgIpc) is 3.14. The second-order valence-corrected chi connectivity index (χ2v) is 6.92. The number of ether oxygens (including phenoxy) is 1. The minimum atomic E-state index is 0.0528. The van der Waals surface area contributed by atoms with Gasteiger partial charge in [-0.3, -0.25) is 9.78 Å². The van der Waals surface area contributed by atoms with Gasteiger partial charge >= 0.3 is 0 Å². The summed E-state index contributed by atoms with van der Waals surface area (Å²) in [6, 6.07) is 3.88. The quantitative estimate of drug-likeness (QED) is 0.945. The molecule has 22 heavy (non-hydrogen) atoms. The van der Waals surface area contributed by atoms with Crippen LogP contribution in [0.3, 0.4) is 0 Å². The van der Waals surface area contributed by atoms with E-state index in [0.717, 1.165) is 36.1 Å². The fourth-order valence-corrected chi connectivity index (χ4v) is 4.06. The van der Waals surface area contributed by atoms with E-state index in [0.29, 0.717) is 5.13 Å². The predicted octanol–water partition coefficient (Wildman–Crippen LogP) is 3.10. The number of amides is 1. The molecule has 2 bridgehead atoms. The van der Waals surface area contributed by atoms with E-state index in [-0.39, 0.29) is 24.0 Å². The topological polar surface area (TPSA) is 64.1 Å². The van der Waals surface area contributed by atoms with Gasteiger partial charge in [-0.1, -0.05) is 17.4 Å². The number of hydrogen-bond acceptors (Lipinski definition) is 5. The monoisotopic (exact) mass is 315 g/mol. The van der Waals surface area contributed by atoms with Crippen LogP contribution in [0.2, 0.25) is 0 Å². The van der Waals surface area contributed by atoms with Crippen LogP contribution in [-0.4, -0.2) is 28.1 Å². The highest BCUT2D eigenvalue weighted by Gasteiger charge is 2.38. The first kappa shape index (κ1) is 13.8. The van der Waals surface area contributed by atoms with Crippen molar-refractivity contribution in [1.82, 2.24) is 9.97 Å². The molecule has 2 fully saturated rings. The molecule has 6 heteroatoms. The Morgan fingerprint density at radius 1 is 1.27 bits per heavy atom. The molecule has 2 aliphatic heterocycles. The molecule has 2 aromatic rings. The molecule has 4 rings (SSSR count). The van der Waals surface area contributed by atoms with Gasteiger partial charge in [0, 0.05) is 30.1 Å². The molecule has 0 spiro atoms. The lowest BCUT2D eigenvalue weighted by Gasteiger charge is -2.27. The van der Waals surface area contributed by atoms with Gasteiger partial charge in [-0.25, -0.2) is 4.98 Å². The van der Waals surface area contributed by atoms with Gasteiger partial charge in [-0.2, -0.15) is 0 Å². The van der Waals surface area contributed by atoms with Gasteiger partial charge in [0.1, 0.15) is 0 Å². The Morgan fingerprint density at radius 3 is 2.82 bits per heavy atom. The number of anilines is 1. The van der Waals surface area contributed by atoms with Crippen LogP contribution >= 0.6 is 11.3 Å². The number of thiazole rings is 1. The second kappa shape index (κ2) is 5.78. The Bertz CT molecular complexity index is 661. The van der Waals surface area contributed by atoms with Crippen LogP contribution in [-0.2, 0) is 9.53 Å². The van der Waals surface area contributed by atoms with Gasteiger partial charge in [0.2, 0.25) is 5.91 Å². The molecular formula is C16H17N3O2S. The first-order chi connectivity index (χ1) is 10.8. The number of pyridine rings is 1. The van der Waals surface area contributed by atoms with Gasteiger partial charge in [-0.05, 0) is 31.7 Å². The predicted molar refractivity (Wildman–Crippen MR) is 84.6 cm³/mol. The largest absolute Gasteiger partial charge is 0.375 e. The number of rotatable bonds is 3. The molecule has 0 aromatic carbocycles. The molecule has 0 aliphatic carbocycles. The molecule has 0 saturated carbocycles. The van der Waals surface area contributed by atoms with Crippen molar-refractivity contribution in [3.05, 3.63) is 30.7 Å². The minimum Gasteiger partial charge on any atom is -0.375 e. The van der Waals surface area contributed by atoms with Crippen molar-refractivity contribution in [1.29, 1.82) is 0 Å². The van der Waals surface area contributed by atoms with E-state index in [4.69, 9.17) is 4.74 Å². The molecule has 1 unspecified atom stereocenters. The summed E-state index contributed by atoms with van der Waals surface area (Å²) in [5.41, 5.74) is 1.02. The summed E-state index contributed by atoms with van der Waals surface area (Å²) in [6.07, 6.45) is 9.74. The van der Waals surface area contributed by atoms with Gasteiger partial charge in [0.25, 0.3) is 0 Å². The zero-order valence-electron chi connectivity index (χ0n) is 12.1. The Hall–Kier alpha value is -1.79. The fraction of sp³-hybridized carbons (Fsp3) is 0.438. The molecule has 2 saturated heterocycles. The third kappa shape index (κ3) is 2.76. The van der Waals surface area contributed by atoms with Crippen LogP contribution < -0.4 is 5.32 Å². The van der Waals surface area contributed by atoms with Crippen LogP contribution in [0, 0.1) is 5.92 Å². The number of carbonyl (C=O) groups excluding carboxylic acids is 1. The third-order valence-corrected chi connectivity index (χ3v) is 5.30. The van der Waals surface area contributed by atoms with Crippen LogP contribution in [0.1, 0.15) is 25.7 Å². The summed E-state index contributed by atoms with van der Waals surface area (Å²) >= 11 is 1.48. The Morgan fingerprint density at radius 2 is 2.09 bits per heavy atom. The SMILES string of the molecule is O=C(Nc1ncc(-c2cccnc2)s1)C1C[C@H]2CC[C@@H](C1)O2. The van der Waals surface area contributed by atoms with Gasteiger partial charge in [0.05, 0.1) is 17.1 Å². The van der Waals surface area contributed by atoms with Crippen molar-refractivity contribution in [3.8, 4) is 10.4 Å². The molecule has 5 nitrogen and oxygen atoms in total. The lowest BCUT2D eigenvalue weighted by molar-refractivity contribution is -0.125. The molecule has 2 aliphatic rings. The summed E-state index contributed by atoms with van der Waals surface area (Å²) in [6.45, 7) is 0. The van der Waals surface area contributed by atoms with Gasteiger partial charge in [0.15, 0.2) is 5.13 Å². The summed E-state index contributed by atoms with van der Waals surface area (Å²) in [5.74, 6) is 0.129. The van der Waals surface area contributed by atoms with Crippen molar-refractivity contribution in [2.75, 3.05) is 5.32 Å². The van der Waals surface area contributed by atoms with Crippen LogP contribution in [0.5, 0.6) is 0 Å². The van der Waals surface area contributed by atoms with Gasteiger partial charge in [-0.15, -0.1) is 0 Å². The number of nitrogens with zero attached hydrogens (tertiary/aromatic N) is 2. The van der Waals surface area contributed by atoms with Crippen molar-refractivity contribution in [2.24, 2.45) is 5.92 Å². The number of fused-ring (bicyclic) bond motifs is 2. The van der Waals surface area contributed by atoms with Crippen molar-refractivity contribution >= 4 is 22.4 Å². The highest BCUT2D eigenvalue weighted by molar-refractivity contribution is 7.19.